The molecule has 1 fully saturated rings. The third kappa shape index (κ3) is 5.48. The van der Waals surface area contributed by atoms with E-state index >= 15 is 0 Å². The van der Waals surface area contributed by atoms with Gasteiger partial charge in [0.25, 0.3) is 11.8 Å². The fraction of sp³-hybridized carbons (Fsp3) is 0.250. The van der Waals surface area contributed by atoms with Crippen LogP contribution in [0.5, 0.6) is 0 Å². The molecule has 0 saturated carbocycles. The molecule has 31 heavy (non-hydrogen) atoms. The average molecular weight is 529 g/mol. The highest BCUT2D eigenvalue weighted by atomic mass is 79.9. The van der Waals surface area contributed by atoms with E-state index in [1.54, 1.807) is 18.2 Å². The number of carbonyl (C=O) groups excluding carboxylic acids is 3. The molecular formula is C20H20BrCl2N5O3. The van der Waals surface area contributed by atoms with Gasteiger partial charge in [-0.3, -0.25) is 14.5 Å². The summed E-state index contributed by atoms with van der Waals surface area (Å²) < 4.78 is 0.792. The van der Waals surface area contributed by atoms with Crippen molar-refractivity contribution in [2.24, 2.45) is 5.73 Å². The first-order valence-electron chi connectivity index (χ1n) is 9.39. The Morgan fingerprint density at radius 2 is 1.81 bits per heavy atom. The summed E-state index contributed by atoms with van der Waals surface area (Å²) in [5.41, 5.74) is 6.30. The van der Waals surface area contributed by atoms with Crippen molar-refractivity contribution < 1.29 is 14.4 Å². The molecule has 8 nitrogen and oxygen atoms in total. The monoisotopic (exact) mass is 527 g/mol. The van der Waals surface area contributed by atoms with Gasteiger partial charge in [-0.25, -0.2) is 4.79 Å². The second-order valence-electron chi connectivity index (χ2n) is 6.71. The van der Waals surface area contributed by atoms with Crippen molar-refractivity contribution in [3.8, 4) is 0 Å². The summed E-state index contributed by atoms with van der Waals surface area (Å²) in [6.45, 7) is 0.786. The third-order valence-corrected chi connectivity index (χ3v) is 5.85. The molecule has 1 aliphatic rings. The standard InChI is InChI=1S/C20H20BrCl2N5O3/c21-13-2-1-3-14(11-13)26-20(31)28-9-8-27(18(28)17(29)25-7-6-24)19(30)12-4-5-15(22)16(23)10-12/h1-5,10-11,18H,6-9,24H2,(H,25,29)(H,26,31). The van der Waals surface area contributed by atoms with E-state index in [9.17, 15) is 14.4 Å². The molecule has 164 valence electrons. The van der Waals surface area contributed by atoms with Gasteiger partial charge in [-0.05, 0) is 36.4 Å². The van der Waals surface area contributed by atoms with Crippen molar-refractivity contribution in [1.29, 1.82) is 0 Å². The number of hydrogen-bond acceptors (Lipinski definition) is 4. The number of amides is 4. The summed E-state index contributed by atoms with van der Waals surface area (Å²) in [7, 11) is 0. The molecule has 4 amide bonds. The molecular weight excluding hydrogens is 509 g/mol. The number of rotatable bonds is 5. The fourth-order valence-electron chi connectivity index (χ4n) is 3.18. The van der Waals surface area contributed by atoms with Gasteiger partial charge in [0.1, 0.15) is 0 Å². The highest BCUT2D eigenvalue weighted by Gasteiger charge is 2.43. The number of carbonyl (C=O) groups is 3. The SMILES string of the molecule is NCCNC(=O)C1N(C(=O)Nc2cccc(Br)c2)CCN1C(=O)c1ccc(Cl)c(Cl)c1. The second-order valence-corrected chi connectivity index (χ2v) is 8.44. The van der Waals surface area contributed by atoms with Gasteiger partial charge in [0.05, 0.1) is 10.0 Å². The van der Waals surface area contributed by atoms with Crippen LogP contribution in [0.1, 0.15) is 10.4 Å². The fourth-order valence-corrected chi connectivity index (χ4v) is 3.88. The van der Waals surface area contributed by atoms with E-state index in [0.717, 1.165) is 4.47 Å². The second kappa shape index (κ2) is 10.3. The van der Waals surface area contributed by atoms with Gasteiger partial charge >= 0.3 is 6.03 Å². The Labute approximate surface area is 197 Å². The van der Waals surface area contributed by atoms with Crippen LogP contribution in [-0.4, -0.2) is 60.0 Å². The van der Waals surface area contributed by atoms with Crippen LogP contribution < -0.4 is 16.4 Å². The van der Waals surface area contributed by atoms with E-state index in [0.29, 0.717) is 10.7 Å². The van der Waals surface area contributed by atoms with Crippen LogP contribution in [0.2, 0.25) is 10.0 Å². The van der Waals surface area contributed by atoms with Crippen molar-refractivity contribution >= 4 is 62.7 Å². The van der Waals surface area contributed by atoms with Gasteiger partial charge in [-0.1, -0.05) is 45.2 Å². The number of urea groups is 1. The molecule has 1 unspecified atom stereocenters. The quantitative estimate of drug-likeness (QED) is 0.554. The van der Waals surface area contributed by atoms with Crippen LogP contribution in [0.3, 0.4) is 0 Å². The number of halogens is 3. The lowest BCUT2D eigenvalue weighted by atomic mass is 10.2. The lowest BCUT2D eigenvalue weighted by Crippen LogP contribution is -2.55. The van der Waals surface area contributed by atoms with Gasteiger partial charge in [-0.15, -0.1) is 0 Å². The molecule has 2 aromatic rings. The molecule has 3 rings (SSSR count). The van der Waals surface area contributed by atoms with Gasteiger partial charge in [0, 0.05) is 41.9 Å². The normalized spacial score (nSPS) is 15.7. The Hall–Kier alpha value is -2.33. The van der Waals surface area contributed by atoms with E-state index < -0.39 is 24.0 Å². The lowest BCUT2D eigenvalue weighted by Gasteiger charge is -2.29. The molecule has 1 heterocycles. The van der Waals surface area contributed by atoms with Crippen LogP contribution in [0.25, 0.3) is 0 Å². The molecule has 1 atom stereocenters. The lowest BCUT2D eigenvalue weighted by molar-refractivity contribution is -0.127. The largest absolute Gasteiger partial charge is 0.351 e. The molecule has 2 aromatic carbocycles. The molecule has 1 saturated heterocycles. The van der Waals surface area contributed by atoms with E-state index in [4.69, 9.17) is 28.9 Å². The highest BCUT2D eigenvalue weighted by Crippen LogP contribution is 2.26. The smallest absolute Gasteiger partial charge is 0.323 e. The minimum atomic E-state index is -1.14. The average Bonchev–Trinajstić information content (AvgIpc) is 3.19. The van der Waals surface area contributed by atoms with E-state index in [1.165, 1.54) is 28.0 Å². The topological polar surface area (TPSA) is 108 Å². The summed E-state index contributed by atoms with van der Waals surface area (Å²) in [5, 5.41) is 5.95. The molecule has 1 aliphatic heterocycles. The molecule has 4 N–H and O–H groups in total. The number of hydrogen-bond donors (Lipinski definition) is 3. The Bertz CT molecular complexity index is 1010. The molecule has 0 bridgehead atoms. The Morgan fingerprint density at radius 1 is 1.06 bits per heavy atom. The molecule has 0 radical (unpaired) electrons. The number of nitrogens with zero attached hydrogens (tertiary/aromatic N) is 2. The Kier molecular flexibility index (Phi) is 7.77. The van der Waals surface area contributed by atoms with Crippen molar-refractivity contribution in [3.63, 3.8) is 0 Å². The number of anilines is 1. The maximum absolute atomic E-state index is 13.1. The van der Waals surface area contributed by atoms with Crippen molar-refractivity contribution in [2.45, 2.75) is 6.17 Å². The zero-order chi connectivity index (χ0) is 22.5. The van der Waals surface area contributed by atoms with Crippen LogP contribution in [0, 0.1) is 0 Å². The highest BCUT2D eigenvalue weighted by molar-refractivity contribution is 9.10. The molecule has 11 heteroatoms. The predicted octanol–water partition coefficient (Wildman–Crippen LogP) is 3.15. The van der Waals surface area contributed by atoms with Crippen molar-refractivity contribution in [3.05, 3.63) is 62.5 Å². The number of benzene rings is 2. The van der Waals surface area contributed by atoms with Gasteiger partial charge in [0.15, 0.2) is 6.17 Å². The van der Waals surface area contributed by atoms with Gasteiger partial charge < -0.3 is 21.3 Å². The van der Waals surface area contributed by atoms with Crippen LogP contribution in [0.4, 0.5) is 10.5 Å². The van der Waals surface area contributed by atoms with E-state index in [-0.39, 0.29) is 36.8 Å². The van der Waals surface area contributed by atoms with Crippen LogP contribution in [0.15, 0.2) is 46.9 Å². The van der Waals surface area contributed by atoms with Crippen LogP contribution >= 0.6 is 39.1 Å². The van der Waals surface area contributed by atoms with Crippen molar-refractivity contribution in [1.82, 2.24) is 15.1 Å². The molecule has 0 aliphatic carbocycles. The predicted molar refractivity (Wildman–Crippen MR) is 123 cm³/mol. The first-order valence-corrected chi connectivity index (χ1v) is 10.9. The van der Waals surface area contributed by atoms with Crippen LogP contribution in [-0.2, 0) is 4.79 Å². The zero-order valence-electron chi connectivity index (χ0n) is 16.3. The van der Waals surface area contributed by atoms with Gasteiger partial charge in [0.2, 0.25) is 0 Å². The maximum atomic E-state index is 13.1. The number of nitrogens with one attached hydrogen (secondary N) is 2. The first kappa shape index (κ1) is 23.3. The van der Waals surface area contributed by atoms with Crippen molar-refractivity contribution in [2.75, 3.05) is 31.5 Å². The minimum absolute atomic E-state index is 0.172. The van der Waals surface area contributed by atoms with E-state index in [2.05, 4.69) is 26.6 Å². The molecule has 0 aromatic heterocycles. The summed E-state index contributed by atoms with van der Waals surface area (Å²) in [6, 6.07) is 11.0. The summed E-state index contributed by atoms with van der Waals surface area (Å²) in [5.74, 6) is -0.940. The first-order chi connectivity index (χ1) is 14.8. The van der Waals surface area contributed by atoms with E-state index in [1.807, 2.05) is 6.07 Å². The summed E-state index contributed by atoms with van der Waals surface area (Å²) in [6.07, 6.45) is -1.14. The zero-order valence-corrected chi connectivity index (χ0v) is 19.4. The minimum Gasteiger partial charge on any atom is -0.351 e. The van der Waals surface area contributed by atoms with Gasteiger partial charge in [-0.2, -0.15) is 0 Å². The molecule has 0 spiro atoms. The number of nitrogens with two attached hydrogens (primary N) is 1. The summed E-state index contributed by atoms with van der Waals surface area (Å²) in [4.78, 5) is 41.6. The third-order valence-electron chi connectivity index (χ3n) is 4.61. The maximum Gasteiger partial charge on any atom is 0.323 e. The summed E-state index contributed by atoms with van der Waals surface area (Å²) >= 11 is 15.3. The Morgan fingerprint density at radius 3 is 2.48 bits per heavy atom. The Balaban J connectivity index is 1.85.